The maximum atomic E-state index is 13.0. The summed E-state index contributed by atoms with van der Waals surface area (Å²) in [6.45, 7) is 3.72. The van der Waals surface area contributed by atoms with E-state index in [1.165, 1.54) is 122 Å². The van der Waals surface area contributed by atoms with Gasteiger partial charge in [0.25, 0.3) is 0 Å². The molecule has 0 bridgehead atoms. The number of ether oxygens (including phenoxy) is 2. The second-order valence-corrected chi connectivity index (χ2v) is 16.9. The number of carbonyl (C=O) groups excluding carboxylic acids is 1. The quantitative estimate of drug-likeness (QED) is 0.0264. The number of unbranched alkanes of at least 4 members (excludes halogenated alkanes) is 24. The van der Waals surface area contributed by atoms with Crippen LogP contribution in [0, 0.1) is 0 Å². The van der Waals surface area contributed by atoms with Crippen molar-refractivity contribution < 1.29 is 39.8 Å². The van der Waals surface area contributed by atoms with Gasteiger partial charge in [-0.1, -0.05) is 184 Å². The highest BCUT2D eigenvalue weighted by atomic mass is 16.7. The zero-order chi connectivity index (χ0) is 43.0. The fourth-order valence-electron chi connectivity index (χ4n) is 7.44. The number of aliphatic hydroxyl groups excluding tert-OH is 5. The third-order valence-electron chi connectivity index (χ3n) is 11.4. The van der Waals surface area contributed by atoms with Gasteiger partial charge in [-0.15, -0.1) is 0 Å². The minimum absolute atomic E-state index is 0.202. The molecule has 7 atom stereocenters. The van der Waals surface area contributed by atoms with Gasteiger partial charge >= 0.3 is 0 Å². The molecule has 6 N–H and O–H groups in total. The number of aliphatic hydroxyl groups is 5. The Morgan fingerprint density at radius 3 is 1.56 bits per heavy atom. The molecule has 0 aromatic carbocycles. The Morgan fingerprint density at radius 2 is 1.02 bits per heavy atom. The number of amides is 1. The molecule has 1 saturated heterocycles. The van der Waals surface area contributed by atoms with Gasteiger partial charge in [0.05, 0.1) is 25.4 Å². The van der Waals surface area contributed by atoms with E-state index in [-0.39, 0.29) is 12.5 Å². The molecule has 0 saturated carbocycles. The normalized spacial score (nSPS) is 21.1. The van der Waals surface area contributed by atoms with Gasteiger partial charge in [0.2, 0.25) is 5.91 Å². The first-order chi connectivity index (χ1) is 28.8. The Morgan fingerprint density at radius 1 is 0.576 bits per heavy atom. The van der Waals surface area contributed by atoms with E-state index in [1.54, 1.807) is 6.08 Å². The highest BCUT2D eigenvalue weighted by Crippen LogP contribution is 2.22. The van der Waals surface area contributed by atoms with Gasteiger partial charge in [-0.2, -0.15) is 0 Å². The summed E-state index contributed by atoms with van der Waals surface area (Å²) < 4.78 is 11.2. The minimum Gasteiger partial charge on any atom is -0.394 e. The Hall–Kier alpha value is -1.85. The SMILES string of the molecule is CCCCC/C=C\C/C=C\CCCCCCCC(=O)NC(COC1OC(CO)C(O)C(O)C1O)C(O)/C=C/CC/C=C/CCCCCCCCCCCCCCCCC. The van der Waals surface area contributed by atoms with Crippen molar-refractivity contribution in [2.24, 2.45) is 0 Å². The molecule has 1 heterocycles. The van der Waals surface area contributed by atoms with Crippen molar-refractivity contribution in [2.45, 2.75) is 249 Å². The molecule has 7 unspecified atom stereocenters. The van der Waals surface area contributed by atoms with Gasteiger partial charge < -0.3 is 40.3 Å². The van der Waals surface area contributed by atoms with E-state index in [1.807, 2.05) is 6.08 Å². The van der Waals surface area contributed by atoms with E-state index in [0.29, 0.717) is 6.42 Å². The zero-order valence-electron chi connectivity index (χ0n) is 37.7. The molecule has 9 heteroatoms. The molecule has 0 radical (unpaired) electrons. The van der Waals surface area contributed by atoms with E-state index in [2.05, 4.69) is 55.6 Å². The van der Waals surface area contributed by atoms with Crippen LogP contribution < -0.4 is 5.32 Å². The predicted molar refractivity (Wildman–Crippen MR) is 244 cm³/mol. The Bertz CT molecular complexity index is 1060. The summed E-state index contributed by atoms with van der Waals surface area (Å²) in [5, 5.41) is 54.2. The van der Waals surface area contributed by atoms with Crippen molar-refractivity contribution in [2.75, 3.05) is 13.2 Å². The van der Waals surface area contributed by atoms with Crippen LogP contribution in [0.25, 0.3) is 0 Å². The topological polar surface area (TPSA) is 149 Å². The standard InChI is InChI=1S/C50H91NO8/c1-3-5-7-9-11-13-15-17-19-20-21-22-23-24-26-27-29-31-33-35-37-39-44(53)43(42-58-50-49(57)48(56)47(55)45(41-52)59-50)51-46(54)40-38-36-34-32-30-28-25-18-16-14-12-10-8-6-4-2/h12,14,18,25,29,31,37,39,43-45,47-50,52-53,55-57H,3-11,13,15-17,19-24,26-28,30,32-36,38,40-42H2,1-2H3,(H,51,54)/b14-12-,25-18-,31-29+,39-37+. The molecule has 1 aliphatic rings. The van der Waals surface area contributed by atoms with Crippen LogP contribution in [0.5, 0.6) is 0 Å². The molecular weight excluding hydrogens is 743 g/mol. The van der Waals surface area contributed by atoms with Crippen molar-refractivity contribution in [3.63, 3.8) is 0 Å². The van der Waals surface area contributed by atoms with E-state index < -0.39 is 49.5 Å². The lowest BCUT2D eigenvalue weighted by molar-refractivity contribution is -0.302. The minimum atomic E-state index is -1.57. The average molecular weight is 834 g/mol. The van der Waals surface area contributed by atoms with Crippen LogP contribution in [0.4, 0.5) is 0 Å². The fraction of sp³-hybridized carbons (Fsp3) is 0.820. The molecule has 0 aliphatic carbocycles. The summed E-state index contributed by atoms with van der Waals surface area (Å²) in [7, 11) is 0. The van der Waals surface area contributed by atoms with Crippen LogP contribution in [0.3, 0.4) is 0 Å². The lowest BCUT2D eigenvalue weighted by Gasteiger charge is -2.40. The molecule has 0 aromatic heterocycles. The number of allylic oxidation sites excluding steroid dienone is 7. The van der Waals surface area contributed by atoms with Crippen LogP contribution in [0.15, 0.2) is 48.6 Å². The van der Waals surface area contributed by atoms with Crippen LogP contribution >= 0.6 is 0 Å². The van der Waals surface area contributed by atoms with Crippen LogP contribution in [0.2, 0.25) is 0 Å². The summed E-state index contributed by atoms with van der Waals surface area (Å²) in [5.74, 6) is -0.202. The van der Waals surface area contributed by atoms with E-state index >= 15 is 0 Å². The largest absolute Gasteiger partial charge is 0.394 e. The lowest BCUT2D eigenvalue weighted by Crippen LogP contribution is -2.60. The third kappa shape index (κ3) is 30.8. The third-order valence-corrected chi connectivity index (χ3v) is 11.4. The first-order valence-corrected chi connectivity index (χ1v) is 24.4. The maximum absolute atomic E-state index is 13.0. The molecule has 344 valence electrons. The van der Waals surface area contributed by atoms with Gasteiger partial charge in [0, 0.05) is 6.42 Å². The van der Waals surface area contributed by atoms with Crippen LogP contribution in [-0.2, 0) is 14.3 Å². The van der Waals surface area contributed by atoms with Gasteiger partial charge in [-0.25, -0.2) is 0 Å². The molecule has 1 rings (SSSR count). The molecule has 9 nitrogen and oxygen atoms in total. The Balaban J connectivity index is 2.36. The molecule has 1 aliphatic heterocycles. The van der Waals surface area contributed by atoms with Crippen molar-refractivity contribution in [1.29, 1.82) is 0 Å². The zero-order valence-corrected chi connectivity index (χ0v) is 37.7. The lowest BCUT2D eigenvalue weighted by atomic mass is 9.99. The first-order valence-electron chi connectivity index (χ1n) is 24.4. The van der Waals surface area contributed by atoms with Crippen LogP contribution in [0.1, 0.15) is 206 Å². The van der Waals surface area contributed by atoms with Crippen molar-refractivity contribution >= 4 is 5.91 Å². The van der Waals surface area contributed by atoms with Gasteiger partial charge in [-0.05, 0) is 64.2 Å². The van der Waals surface area contributed by atoms with E-state index in [9.17, 15) is 30.3 Å². The predicted octanol–water partition coefficient (Wildman–Crippen LogP) is 10.6. The fourth-order valence-corrected chi connectivity index (χ4v) is 7.44. The molecule has 1 amide bonds. The van der Waals surface area contributed by atoms with Crippen molar-refractivity contribution in [3.05, 3.63) is 48.6 Å². The van der Waals surface area contributed by atoms with Crippen molar-refractivity contribution in [3.8, 4) is 0 Å². The number of nitrogens with one attached hydrogen (secondary N) is 1. The Kier molecular flexibility index (Phi) is 37.6. The number of rotatable bonds is 40. The summed E-state index contributed by atoms with van der Waals surface area (Å²) in [4.78, 5) is 13.0. The summed E-state index contributed by atoms with van der Waals surface area (Å²) in [5.41, 5.74) is 0. The van der Waals surface area contributed by atoms with Crippen molar-refractivity contribution in [1.82, 2.24) is 5.32 Å². The monoisotopic (exact) mass is 834 g/mol. The highest BCUT2D eigenvalue weighted by molar-refractivity contribution is 5.76. The second-order valence-electron chi connectivity index (χ2n) is 16.9. The number of hydrogen-bond acceptors (Lipinski definition) is 8. The van der Waals surface area contributed by atoms with Gasteiger partial charge in [0.15, 0.2) is 6.29 Å². The molecule has 0 spiro atoms. The summed E-state index contributed by atoms with van der Waals surface area (Å²) in [6.07, 6.45) is 44.4. The molecule has 0 aromatic rings. The molecule has 1 fully saturated rings. The highest BCUT2D eigenvalue weighted by Gasteiger charge is 2.44. The van der Waals surface area contributed by atoms with Crippen LogP contribution in [-0.4, -0.2) is 87.5 Å². The maximum Gasteiger partial charge on any atom is 0.220 e. The van der Waals surface area contributed by atoms with Gasteiger partial charge in [0.1, 0.15) is 24.4 Å². The Labute approximate surface area is 361 Å². The average Bonchev–Trinajstić information content (AvgIpc) is 3.23. The van der Waals surface area contributed by atoms with E-state index in [0.717, 1.165) is 64.2 Å². The number of hydrogen-bond donors (Lipinski definition) is 6. The first kappa shape index (κ1) is 55.2. The molecular formula is C50H91NO8. The molecule has 59 heavy (non-hydrogen) atoms. The summed E-state index contributed by atoms with van der Waals surface area (Å²) in [6, 6.07) is -0.829. The summed E-state index contributed by atoms with van der Waals surface area (Å²) >= 11 is 0. The smallest absolute Gasteiger partial charge is 0.220 e. The number of carbonyl (C=O) groups is 1. The van der Waals surface area contributed by atoms with Gasteiger partial charge in [-0.3, -0.25) is 4.79 Å². The second kappa shape index (κ2) is 40.2. The van der Waals surface area contributed by atoms with E-state index in [4.69, 9.17) is 9.47 Å².